The van der Waals surface area contributed by atoms with Crippen molar-refractivity contribution in [3.8, 4) is 11.4 Å². The predicted molar refractivity (Wildman–Crippen MR) is 86.8 cm³/mol. The lowest BCUT2D eigenvalue weighted by molar-refractivity contribution is 0.545. The highest BCUT2D eigenvalue weighted by molar-refractivity contribution is 7.89. The number of hydrogen-bond acceptors (Lipinski definition) is 4. The van der Waals surface area contributed by atoms with Gasteiger partial charge in [0.05, 0.1) is 23.6 Å². The van der Waals surface area contributed by atoms with E-state index in [2.05, 4.69) is 14.8 Å². The Balaban J connectivity index is 1.81. The van der Waals surface area contributed by atoms with Crippen LogP contribution < -0.4 is 4.72 Å². The molecule has 0 fully saturated rings. The smallest absolute Gasteiger partial charge is 0.243 e. The first-order valence-electron chi connectivity index (χ1n) is 7.26. The summed E-state index contributed by atoms with van der Waals surface area (Å²) in [6.07, 6.45) is 1.64. The van der Waals surface area contributed by atoms with Crippen LogP contribution in [0.15, 0.2) is 53.6 Å². The van der Waals surface area contributed by atoms with E-state index >= 15 is 0 Å². The minimum absolute atomic E-state index is 0.168. The largest absolute Gasteiger partial charge is 0.266 e. The molecule has 0 aliphatic carbocycles. The first-order valence-corrected chi connectivity index (χ1v) is 8.74. The van der Waals surface area contributed by atoms with Crippen LogP contribution >= 0.6 is 0 Å². The second-order valence-electron chi connectivity index (χ2n) is 5.26. The Hall–Kier alpha value is -2.65. The van der Waals surface area contributed by atoms with Crippen LogP contribution in [0.4, 0.5) is 8.78 Å². The minimum Gasteiger partial charge on any atom is -0.266 e. The molecular formula is C16H14F2N4O2S. The molecule has 2 heterocycles. The van der Waals surface area contributed by atoms with Crippen LogP contribution in [0.25, 0.3) is 11.4 Å². The summed E-state index contributed by atoms with van der Waals surface area (Å²) in [7, 11) is -2.51. The van der Waals surface area contributed by atoms with Gasteiger partial charge in [-0.25, -0.2) is 21.9 Å². The summed E-state index contributed by atoms with van der Waals surface area (Å²) < 4.78 is 55.0. The second-order valence-corrected chi connectivity index (χ2v) is 6.99. The molecule has 0 unspecified atom stereocenters. The van der Waals surface area contributed by atoms with Gasteiger partial charge in [0.25, 0.3) is 0 Å². The van der Waals surface area contributed by atoms with Crippen LogP contribution in [0, 0.1) is 11.6 Å². The van der Waals surface area contributed by atoms with E-state index in [1.807, 2.05) is 6.07 Å². The van der Waals surface area contributed by atoms with Gasteiger partial charge in [-0.2, -0.15) is 5.10 Å². The lowest BCUT2D eigenvalue weighted by Gasteiger charge is -2.06. The van der Waals surface area contributed by atoms with Gasteiger partial charge in [0.2, 0.25) is 10.0 Å². The van der Waals surface area contributed by atoms with Crippen molar-refractivity contribution in [3.63, 3.8) is 0 Å². The minimum atomic E-state index is -4.21. The molecule has 0 aliphatic heterocycles. The van der Waals surface area contributed by atoms with Gasteiger partial charge in [0, 0.05) is 13.2 Å². The highest BCUT2D eigenvalue weighted by Gasteiger charge is 2.20. The number of rotatable bonds is 5. The average Bonchev–Trinajstić information content (AvgIpc) is 2.97. The number of benzene rings is 1. The summed E-state index contributed by atoms with van der Waals surface area (Å²) in [6.45, 7) is -0.168. The molecule has 2 aromatic heterocycles. The van der Waals surface area contributed by atoms with Gasteiger partial charge in [0.15, 0.2) is 0 Å². The normalized spacial score (nSPS) is 11.6. The Morgan fingerprint density at radius 3 is 2.68 bits per heavy atom. The van der Waals surface area contributed by atoms with Crippen molar-refractivity contribution in [2.24, 2.45) is 7.05 Å². The summed E-state index contributed by atoms with van der Waals surface area (Å²) in [6, 6.07) is 9.33. The third-order valence-electron chi connectivity index (χ3n) is 3.48. The molecule has 3 aromatic rings. The summed E-state index contributed by atoms with van der Waals surface area (Å²) in [5, 5.41) is 4.21. The third kappa shape index (κ3) is 3.72. The molecule has 0 radical (unpaired) electrons. The van der Waals surface area contributed by atoms with Crippen LogP contribution in [0.1, 0.15) is 5.69 Å². The summed E-state index contributed by atoms with van der Waals surface area (Å²) >= 11 is 0. The van der Waals surface area contributed by atoms with E-state index in [4.69, 9.17) is 0 Å². The zero-order valence-corrected chi connectivity index (χ0v) is 14.0. The average molecular weight is 364 g/mol. The van der Waals surface area contributed by atoms with E-state index in [0.717, 1.165) is 12.1 Å². The lowest BCUT2D eigenvalue weighted by Crippen LogP contribution is -2.24. The number of pyridine rings is 1. The van der Waals surface area contributed by atoms with Gasteiger partial charge >= 0.3 is 0 Å². The predicted octanol–water partition coefficient (Wildman–Crippen LogP) is 2.24. The number of hydrogen-bond donors (Lipinski definition) is 1. The first-order chi connectivity index (χ1) is 11.9. The molecular weight excluding hydrogens is 350 g/mol. The summed E-state index contributed by atoms with van der Waals surface area (Å²) in [5.41, 5.74) is 1.80. The molecule has 0 amide bonds. The number of aromatic nitrogens is 3. The topological polar surface area (TPSA) is 76.9 Å². The highest BCUT2D eigenvalue weighted by Crippen LogP contribution is 2.18. The quantitative estimate of drug-likeness (QED) is 0.753. The molecule has 6 nitrogen and oxygen atoms in total. The van der Waals surface area contributed by atoms with Gasteiger partial charge in [-0.15, -0.1) is 0 Å². The Kier molecular flexibility index (Phi) is 4.60. The fraction of sp³-hybridized carbons (Fsp3) is 0.125. The third-order valence-corrected chi connectivity index (χ3v) is 4.90. The maximum Gasteiger partial charge on any atom is 0.243 e. The molecule has 130 valence electrons. The molecule has 0 spiro atoms. The number of sulfonamides is 1. The van der Waals surface area contributed by atoms with Crippen LogP contribution in [-0.2, 0) is 23.6 Å². The van der Waals surface area contributed by atoms with E-state index < -0.39 is 26.6 Å². The Morgan fingerprint density at radius 1 is 1.16 bits per heavy atom. The van der Waals surface area contributed by atoms with Gasteiger partial charge in [-0.05, 0) is 36.4 Å². The van der Waals surface area contributed by atoms with Crippen molar-refractivity contribution in [2.75, 3.05) is 0 Å². The summed E-state index contributed by atoms with van der Waals surface area (Å²) in [4.78, 5) is 3.47. The fourth-order valence-corrected chi connectivity index (χ4v) is 3.38. The molecule has 0 saturated carbocycles. The zero-order valence-electron chi connectivity index (χ0n) is 13.1. The van der Waals surface area contributed by atoms with E-state index in [1.54, 1.807) is 36.1 Å². The second kappa shape index (κ2) is 6.69. The standard InChI is InChI=1S/C16H14F2N4O2S/c1-22-15(14-4-2-3-7-19-14)9-12(21-22)10-20-25(23,24)16-8-11(17)5-6-13(16)18/h2-9,20H,10H2,1H3. The number of nitrogens with zero attached hydrogens (tertiary/aromatic N) is 3. The van der Waals surface area contributed by atoms with E-state index in [-0.39, 0.29) is 6.54 Å². The van der Waals surface area contributed by atoms with Gasteiger partial charge in [-0.3, -0.25) is 9.67 Å². The van der Waals surface area contributed by atoms with Crippen molar-refractivity contribution < 1.29 is 17.2 Å². The molecule has 25 heavy (non-hydrogen) atoms. The highest BCUT2D eigenvalue weighted by atomic mass is 32.2. The molecule has 9 heteroatoms. The van der Waals surface area contributed by atoms with E-state index in [9.17, 15) is 17.2 Å². The number of aryl methyl sites for hydroxylation is 1. The monoisotopic (exact) mass is 364 g/mol. The van der Waals surface area contributed by atoms with Gasteiger partial charge in [0.1, 0.15) is 16.5 Å². The molecule has 1 aromatic carbocycles. The molecule has 0 saturated heterocycles. The molecule has 1 N–H and O–H groups in total. The van der Waals surface area contributed by atoms with Gasteiger partial charge in [-0.1, -0.05) is 6.07 Å². The Bertz CT molecular complexity index is 1000. The number of halogens is 2. The van der Waals surface area contributed by atoms with Crippen LogP contribution in [0.5, 0.6) is 0 Å². The van der Waals surface area contributed by atoms with Crippen molar-refractivity contribution in [1.29, 1.82) is 0 Å². The SMILES string of the molecule is Cn1nc(CNS(=O)(=O)c2cc(F)ccc2F)cc1-c1ccccn1. The number of nitrogens with one attached hydrogen (secondary N) is 1. The van der Waals surface area contributed by atoms with Crippen molar-refractivity contribution in [3.05, 3.63) is 66.0 Å². The Morgan fingerprint density at radius 2 is 1.96 bits per heavy atom. The van der Waals surface area contributed by atoms with Crippen LogP contribution in [0.2, 0.25) is 0 Å². The Labute approximate surface area is 143 Å². The molecule has 0 atom stereocenters. The lowest BCUT2D eigenvalue weighted by atomic mass is 10.2. The van der Waals surface area contributed by atoms with Gasteiger partial charge < -0.3 is 0 Å². The maximum atomic E-state index is 13.7. The fourth-order valence-electron chi connectivity index (χ4n) is 2.30. The van der Waals surface area contributed by atoms with Crippen LogP contribution in [-0.4, -0.2) is 23.2 Å². The van der Waals surface area contributed by atoms with Crippen LogP contribution in [0.3, 0.4) is 0 Å². The molecule has 0 bridgehead atoms. The zero-order chi connectivity index (χ0) is 18.0. The van der Waals surface area contributed by atoms with Crippen molar-refractivity contribution in [2.45, 2.75) is 11.4 Å². The summed E-state index contributed by atoms with van der Waals surface area (Å²) in [5.74, 6) is -1.86. The molecule has 0 aliphatic rings. The van der Waals surface area contributed by atoms with E-state index in [0.29, 0.717) is 23.1 Å². The van der Waals surface area contributed by atoms with Crippen molar-refractivity contribution in [1.82, 2.24) is 19.5 Å². The van der Waals surface area contributed by atoms with E-state index in [1.165, 1.54) is 0 Å². The maximum absolute atomic E-state index is 13.7. The first kappa shape index (κ1) is 17.2. The molecule has 3 rings (SSSR count). The van der Waals surface area contributed by atoms with Crippen molar-refractivity contribution >= 4 is 10.0 Å².